The second-order valence-electron chi connectivity index (χ2n) is 6.95. The summed E-state index contributed by atoms with van der Waals surface area (Å²) in [6, 6.07) is 0.0275. The molecular formula is C14H22N2O4S. The Bertz CT molecular complexity index is 557. The van der Waals surface area contributed by atoms with Crippen LogP contribution in [0, 0.1) is 5.41 Å². The quantitative estimate of drug-likeness (QED) is 0.766. The van der Waals surface area contributed by atoms with Gasteiger partial charge in [-0.1, -0.05) is 6.42 Å². The van der Waals surface area contributed by atoms with E-state index < -0.39 is 15.1 Å². The Balaban J connectivity index is 1.45. The molecule has 4 fully saturated rings. The van der Waals surface area contributed by atoms with Gasteiger partial charge in [0.15, 0.2) is 9.84 Å². The van der Waals surface area contributed by atoms with Crippen LogP contribution in [0.2, 0.25) is 0 Å². The van der Waals surface area contributed by atoms with Gasteiger partial charge in [0.2, 0.25) is 0 Å². The van der Waals surface area contributed by atoms with Crippen LogP contribution in [0.1, 0.15) is 32.1 Å². The smallest absolute Gasteiger partial charge is 0.317 e. The molecule has 1 N–H and O–H groups in total. The molecule has 2 aliphatic heterocycles. The Hall–Kier alpha value is -0.820. The molecule has 4 aliphatic rings. The van der Waals surface area contributed by atoms with Gasteiger partial charge in [-0.05, 0) is 31.1 Å². The summed E-state index contributed by atoms with van der Waals surface area (Å²) in [5.74, 6) is 0.0563. The molecule has 2 saturated carbocycles. The first-order valence-corrected chi connectivity index (χ1v) is 9.60. The van der Waals surface area contributed by atoms with Gasteiger partial charge < -0.3 is 15.0 Å². The molecule has 3 unspecified atom stereocenters. The van der Waals surface area contributed by atoms with Gasteiger partial charge in [-0.25, -0.2) is 13.2 Å². The zero-order valence-electron chi connectivity index (χ0n) is 12.1. The number of nitrogens with one attached hydrogen (secondary N) is 1. The number of ether oxygens (including phenoxy) is 1. The third-order valence-corrected chi connectivity index (χ3v) is 7.97. The van der Waals surface area contributed by atoms with Crippen molar-refractivity contribution in [2.75, 3.05) is 25.5 Å². The van der Waals surface area contributed by atoms with Gasteiger partial charge in [0.05, 0.1) is 18.4 Å². The minimum Gasteiger partial charge on any atom is -0.380 e. The van der Waals surface area contributed by atoms with E-state index in [1.165, 1.54) is 19.3 Å². The lowest BCUT2D eigenvalue weighted by molar-refractivity contribution is 0.0459. The zero-order valence-corrected chi connectivity index (χ0v) is 12.9. The summed E-state index contributed by atoms with van der Waals surface area (Å²) in [5.41, 5.74) is 0.395. The molecule has 2 aliphatic carbocycles. The van der Waals surface area contributed by atoms with Gasteiger partial charge in [0, 0.05) is 19.2 Å². The number of amides is 2. The fourth-order valence-corrected chi connectivity index (χ4v) is 5.98. The molecule has 0 radical (unpaired) electrons. The van der Waals surface area contributed by atoms with Crippen LogP contribution < -0.4 is 5.32 Å². The third-order valence-electron chi connectivity index (χ3n) is 5.85. The molecule has 6 nitrogen and oxygen atoms in total. The van der Waals surface area contributed by atoms with E-state index in [9.17, 15) is 13.2 Å². The van der Waals surface area contributed by atoms with Crippen molar-refractivity contribution in [3.8, 4) is 0 Å². The molecular weight excluding hydrogens is 292 g/mol. The normalized spacial score (nSPS) is 39.2. The lowest BCUT2D eigenvalue weighted by Gasteiger charge is -2.43. The number of carbonyl (C=O) groups is 1. The van der Waals surface area contributed by atoms with Crippen LogP contribution in [0.5, 0.6) is 0 Å². The van der Waals surface area contributed by atoms with Crippen molar-refractivity contribution in [1.82, 2.24) is 10.2 Å². The number of nitrogens with zero attached hydrogens (tertiary/aromatic N) is 1. The molecule has 118 valence electrons. The highest BCUT2D eigenvalue weighted by Gasteiger charge is 2.58. The average molecular weight is 314 g/mol. The Labute approximate surface area is 125 Å². The van der Waals surface area contributed by atoms with Crippen LogP contribution in [-0.2, 0) is 14.6 Å². The maximum absolute atomic E-state index is 12.5. The van der Waals surface area contributed by atoms with Gasteiger partial charge in [-0.15, -0.1) is 0 Å². The van der Waals surface area contributed by atoms with E-state index in [0.29, 0.717) is 31.0 Å². The van der Waals surface area contributed by atoms with Crippen LogP contribution in [-0.4, -0.2) is 62.2 Å². The lowest BCUT2D eigenvalue weighted by Crippen LogP contribution is -2.62. The van der Waals surface area contributed by atoms with E-state index >= 15 is 0 Å². The molecule has 0 aromatic heterocycles. The Kier molecular flexibility index (Phi) is 3.02. The molecule has 21 heavy (non-hydrogen) atoms. The zero-order chi connectivity index (χ0) is 14.7. The van der Waals surface area contributed by atoms with Crippen LogP contribution in [0.4, 0.5) is 4.79 Å². The number of rotatable bonds is 1. The SMILES string of the molecule is O=C(NC1CC12CCC2)N1CCS(=O)(=O)C2COCCC21. The maximum Gasteiger partial charge on any atom is 0.317 e. The van der Waals surface area contributed by atoms with Crippen molar-refractivity contribution >= 4 is 15.9 Å². The minimum atomic E-state index is -3.13. The molecule has 2 heterocycles. The molecule has 0 bridgehead atoms. The highest BCUT2D eigenvalue weighted by Crippen LogP contribution is 2.60. The third kappa shape index (κ3) is 2.16. The second kappa shape index (κ2) is 4.59. The predicted molar refractivity (Wildman–Crippen MR) is 76.7 cm³/mol. The first-order chi connectivity index (χ1) is 10.0. The number of hydrogen-bond donors (Lipinski definition) is 1. The van der Waals surface area contributed by atoms with Crippen LogP contribution in [0.15, 0.2) is 0 Å². The van der Waals surface area contributed by atoms with Crippen molar-refractivity contribution < 1.29 is 17.9 Å². The van der Waals surface area contributed by atoms with Crippen molar-refractivity contribution in [2.24, 2.45) is 5.41 Å². The van der Waals surface area contributed by atoms with Gasteiger partial charge >= 0.3 is 6.03 Å². The van der Waals surface area contributed by atoms with E-state index in [1.807, 2.05) is 0 Å². The Morgan fingerprint density at radius 2 is 2.14 bits per heavy atom. The number of fused-ring (bicyclic) bond motifs is 1. The molecule has 0 aromatic rings. The van der Waals surface area contributed by atoms with Crippen molar-refractivity contribution in [2.45, 2.75) is 49.4 Å². The van der Waals surface area contributed by atoms with Gasteiger partial charge in [0.1, 0.15) is 5.25 Å². The molecule has 7 heteroatoms. The molecule has 3 atom stereocenters. The van der Waals surface area contributed by atoms with Gasteiger partial charge in [-0.3, -0.25) is 0 Å². The van der Waals surface area contributed by atoms with Gasteiger partial charge in [0.25, 0.3) is 0 Å². The minimum absolute atomic E-state index is 0.0563. The van der Waals surface area contributed by atoms with E-state index in [4.69, 9.17) is 4.74 Å². The van der Waals surface area contributed by atoms with E-state index in [0.717, 1.165) is 6.42 Å². The predicted octanol–water partition coefficient (Wildman–Crippen LogP) is 0.527. The summed E-state index contributed by atoms with van der Waals surface area (Å²) in [4.78, 5) is 14.3. The number of sulfone groups is 1. The monoisotopic (exact) mass is 314 g/mol. The summed E-state index contributed by atoms with van der Waals surface area (Å²) >= 11 is 0. The highest BCUT2D eigenvalue weighted by molar-refractivity contribution is 7.92. The first-order valence-electron chi connectivity index (χ1n) is 7.88. The Morgan fingerprint density at radius 3 is 2.81 bits per heavy atom. The number of hydrogen-bond acceptors (Lipinski definition) is 4. The molecule has 2 saturated heterocycles. The first kappa shape index (κ1) is 13.8. The summed E-state index contributed by atoms with van der Waals surface area (Å²) in [7, 11) is -3.13. The topological polar surface area (TPSA) is 75.7 Å². The fourth-order valence-electron chi connectivity index (χ4n) is 4.16. The molecule has 1 spiro atoms. The van der Waals surface area contributed by atoms with Crippen LogP contribution in [0.25, 0.3) is 0 Å². The van der Waals surface area contributed by atoms with E-state index in [1.54, 1.807) is 4.90 Å². The molecule has 0 aromatic carbocycles. The summed E-state index contributed by atoms with van der Waals surface area (Å²) in [6.07, 6.45) is 5.45. The summed E-state index contributed by atoms with van der Waals surface area (Å²) in [5, 5.41) is 2.59. The van der Waals surface area contributed by atoms with Crippen LogP contribution >= 0.6 is 0 Å². The number of carbonyl (C=O) groups excluding carboxylic acids is 1. The van der Waals surface area contributed by atoms with Gasteiger partial charge in [-0.2, -0.15) is 0 Å². The van der Waals surface area contributed by atoms with E-state index in [-0.39, 0.29) is 24.4 Å². The maximum atomic E-state index is 12.5. The largest absolute Gasteiger partial charge is 0.380 e. The summed E-state index contributed by atoms with van der Waals surface area (Å²) in [6.45, 7) is 1.08. The van der Waals surface area contributed by atoms with Crippen molar-refractivity contribution in [3.63, 3.8) is 0 Å². The fraction of sp³-hybridized carbons (Fsp3) is 0.929. The summed E-state index contributed by atoms with van der Waals surface area (Å²) < 4.78 is 29.6. The van der Waals surface area contributed by atoms with E-state index in [2.05, 4.69) is 5.32 Å². The Morgan fingerprint density at radius 1 is 1.33 bits per heavy atom. The van der Waals surface area contributed by atoms with Crippen molar-refractivity contribution in [1.29, 1.82) is 0 Å². The van der Waals surface area contributed by atoms with Crippen molar-refractivity contribution in [3.05, 3.63) is 0 Å². The average Bonchev–Trinajstić information content (AvgIpc) is 3.13. The molecule has 2 amide bonds. The number of urea groups is 1. The second-order valence-corrected chi connectivity index (χ2v) is 9.29. The highest BCUT2D eigenvalue weighted by atomic mass is 32.2. The molecule has 4 rings (SSSR count). The standard InChI is InChI=1S/C14H22N2O4S/c17-13(15-12-8-14(12)3-1-4-14)16-5-7-21(18,19)11-9-20-6-2-10(11)16/h10-12H,1-9H2,(H,15,17). The van der Waals surface area contributed by atoms with Crippen LogP contribution in [0.3, 0.4) is 0 Å². The lowest BCUT2D eigenvalue weighted by atomic mass is 9.81.